The zero-order chi connectivity index (χ0) is 20.7. The van der Waals surface area contributed by atoms with Gasteiger partial charge in [0.05, 0.1) is 11.9 Å². The monoisotopic (exact) mass is 402 g/mol. The summed E-state index contributed by atoms with van der Waals surface area (Å²) in [6.45, 7) is 4.85. The van der Waals surface area contributed by atoms with Crippen LogP contribution in [0.15, 0.2) is 61.2 Å². The highest BCUT2D eigenvalue weighted by atomic mass is 32.2. The van der Waals surface area contributed by atoms with Crippen molar-refractivity contribution in [2.75, 3.05) is 29.0 Å². The zero-order valence-corrected chi connectivity index (χ0v) is 16.5. The quantitative estimate of drug-likeness (QED) is 0.514. The van der Waals surface area contributed by atoms with Gasteiger partial charge in [-0.3, -0.25) is 13.9 Å². The Morgan fingerprint density at radius 3 is 2.54 bits per heavy atom. The number of anilines is 2. The third-order valence-electron chi connectivity index (χ3n) is 3.71. The molecule has 1 amide bonds. The summed E-state index contributed by atoms with van der Waals surface area (Å²) in [7, 11) is -3.74. The maximum atomic E-state index is 12.4. The van der Waals surface area contributed by atoms with Crippen molar-refractivity contribution >= 4 is 33.1 Å². The lowest BCUT2D eigenvalue weighted by molar-refractivity contribution is -0.114. The fourth-order valence-corrected chi connectivity index (χ4v) is 3.28. The SMILES string of the molecule is C=CCOc1cccc(NC(=O)CN(c2cccc(C(C)=O)c2)S(C)(=O)=O)c1. The van der Waals surface area contributed by atoms with E-state index < -0.39 is 22.5 Å². The first-order valence-corrected chi connectivity index (χ1v) is 10.3. The van der Waals surface area contributed by atoms with Crippen LogP contribution in [0.2, 0.25) is 0 Å². The van der Waals surface area contributed by atoms with E-state index in [9.17, 15) is 18.0 Å². The van der Waals surface area contributed by atoms with Gasteiger partial charge in [-0.05, 0) is 31.2 Å². The second-order valence-corrected chi connectivity index (χ2v) is 7.96. The Balaban J connectivity index is 2.19. The molecule has 0 heterocycles. The molecule has 148 valence electrons. The first-order valence-electron chi connectivity index (χ1n) is 8.43. The molecule has 7 nitrogen and oxygen atoms in total. The first kappa shape index (κ1) is 21.2. The maximum Gasteiger partial charge on any atom is 0.245 e. The van der Waals surface area contributed by atoms with Crippen LogP contribution in [0, 0.1) is 0 Å². The van der Waals surface area contributed by atoms with Crippen LogP contribution in [0.4, 0.5) is 11.4 Å². The fourth-order valence-electron chi connectivity index (χ4n) is 2.43. The summed E-state index contributed by atoms with van der Waals surface area (Å²) >= 11 is 0. The lowest BCUT2D eigenvalue weighted by Gasteiger charge is -2.22. The second-order valence-electron chi connectivity index (χ2n) is 6.05. The molecule has 0 saturated heterocycles. The number of nitrogens with zero attached hydrogens (tertiary/aromatic N) is 1. The molecule has 2 aromatic carbocycles. The number of hydrogen-bond donors (Lipinski definition) is 1. The van der Waals surface area contributed by atoms with Crippen LogP contribution in [-0.4, -0.2) is 39.5 Å². The number of hydrogen-bond acceptors (Lipinski definition) is 5. The molecule has 0 aliphatic heterocycles. The van der Waals surface area contributed by atoms with E-state index in [2.05, 4.69) is 11.9 Å². The predicted octanol–water partition coefficient (Wildman–Crippen LogP) is 2.86. The summed E-state index contributed by atoms with van der Waals surface area (Å²) in [5, 5.41) is 2.65. The molecule has 0 bridgehead atoms. The van der Waals surface area contributed by atoms with Crippen LogP contribution >= 0.6 is 0 Å². The summed E-state index contributed by atoms with van der Waals surface area (Å²) in [5.41, 5.74) is 1.07. The molecule has 0 unspecified atom stereocenters. The van der Waals surface area contributed by atoms with Crippen LogP contribution in [-0.2, 0) is 14.8 Å². The van der Waals surface area contributed by atoms with E-state index in [0.717, 1.165) is 10.6 Å². The number of carbonyl (C=O) groups is 2. The number of amides is 1. The average molecular weight is 402 g/mol. The van der Waals surface area contributed by atoms with E-state index in [4.69, 9.17) is 4.74 Å². The van der Waals surface area contributed by atoms with Crippen molar-refractivity contribution in [3.63, 3.8) is 0 Å². The van der Waals surface area contributed by atoms with Gasteiger partial charge in [-0.25, -0.2) is 8.42 Å². The molecule has 0 saturated carbocycles. The van der Waals surface area contributed by atoms with Crippen LogP contribution in [0.5, 0.6) is 5.75 Å². The summed E-state index contributed by atoms with van der Waals surface area (Å²) in [6.07, 6.45) is 2.61. The molecule has 8 heteroatoms. The van der Waals surface area contributed by atoms with Crippen molar-refractivity contribution in [2.24, 2.45) is 0 Å². The summed E-state index contributed by atoms with van der Waals surface area (Å²) in [4.78, 5) is 24.0. The number of sulfonamides is 1. The Bertz CT molecular complexity index is 986. The number of rotatable bonds is 9. The number of ether oxygens (including phenoxy) is 1. The van der Waals surface area contributed by atoms with E-state index >= 15 is 0 Å². The van der Waals surface area contributed by atoms with Gasteiger partial charge in [0.15, 0.2) is 5.78 Å². The van der Waals surface area contributed by atoms with E-state index in [-0.39, 0.29) is 11.5 Å². The third kappa shape index (κ3) is 5.95. The van der Waals surface area contributed by atoms with Gasteiger partial charge in [-0.1, -0.05) is 30.9 Å². The van der Waals surface area contributed by atoms with Crippen molar-refractivity contribution in [3.8, 4) is 5.75 Å². The van der Waals surface area contributed by atoms with Crippen molar-refractivity contribution in [1.82, 2.24) is 0 Å². The van der Waals surface area contributed by atoms with Gasteiger partial charge in [0.2, 0.25) is 15.9 Å². The average Bonchev–Trinajstić information content (AvgIpc) is 2.64. The van der Waals surface area contributed by atoms with E-state index in [1.165, 1.54) is 19.1 Å². The molecule has 2 rings (SSSR count). The molecule has 0 fully saturated rings. The molecule has 0 aliphatic rings. The number of carbonyl (C=O) groups excluding carboxylic acids is 2. The standard InChI is InChI=1S/C20H22N2O5S/c1-4-11-27-19-10-6-8-17(13-19)21-20(24)14-22(28(3,25)26)18-9-5-7-16(12-18)15(2)23/h4-10,12-13H,1,11,14H2,2-3H3,(H,21,24). The van der Waals surface area contributed by atoms with Crippen LogP contribution in [0.25, 0.3) is 0 Å². The lowest BCUT2D eigenvalue weighted by Crippen LogP contribution is -2.37. The minimum Gasteiger partial charge on any atom is -0.489 e. The second kappa shape index (κ2) is 9.18. The highest BCUT2D eigenvalue weighted by Gasteiger charge is 2.21. The highest BCUT2D eigenvalue weighted by Crippen LogP contribution is 2.21. The van der Waals surface area contributed by atoms with Gasteiger partial charge in [0, 0.05) is 17.3 Å². The fraction of sp³-hybridized carbons (Fsp3) is 0.200. The highest BCUT2D eigenvalue weighted by molar-refractivity contribution is 7.92. The summed E-state index contributed by atoms with van der Waals surface area (Å²) in [5.74, 6) is -0.178. The molecular formula is C20H22N2O5S. The largest absolute Gasteiger partial charge is 0.489 e. The molecule has 0 radical (unpaired) electrons. The van der Waals surface area contributed by atoms with E-state index in [0.29, 0.717) is 23.6 Å². The molecule has 2 aromatic rings. The van der Waals surface area contributed by atoms with Gasteiger partial charge < -0.3 is 10.1 Å². The maximum absolute atomic E-state index is 12.4. The Morgan fingerprint density at radius 2 is 1.89 bits per heavy atom. The summed E-state index contributed by atoms with van der Waals surface area (Å²) in [6, 6.07) is 12.9. The lowest BCUT2D eigenvalue weighted by atomic mass is 10.1. The van der Waals surface area contributed by atoms with Crippen molar-refractivity contribution in [3.05, 3.63) is 66.7 Å². The van der Waals surface area contributed by atoms with Crippen LogP contribution in [0.3, 0.4) is 0 Å². The predicted molar refractivity (Wildman–Crippen MR) is 109 cm³/mol. The van der Waals surface area contributed by atoms with Gasteiger partial charge >= 0.3 is 0 Å². The third-order valence-corrected chi connectivity index (χ3v) is 4.85. The zero-order valence-electron chi connectivity index (χ0n) is 15.7. The Hall–Kier alpha value is -3.13. The molecule has 0 aliphatic carbocycles. The molecule has 0 spiro atoms. The van der Waals surface area contributed by atoms with Crippen LogP contribution < -0.4 is 14.4 Å². The van der Waals surface area contributed by atoms with Crippen molar-refractivity contribution in [2.45, 2.75) is 6.92 Å². The van der Waals surface area contributed by atoms with Gasteiger partial charge in [0.25, 0.3) is 0 Å². The van der Waals surface area contributed by atoms with Gasteiger partial charge in [-0.15, -0.1) is 0 Å². The normalized spacial score (nSPS) is 10.8. The Kier molecular flexibility index (Phi) is 6.94. The smallest absolute Gasteiger partial charge is 0.245 e. The van der Waals surface area contributed by atoms with Gasteiger partial charge in [0.1, 0.15) is 18.9 Å². The molecule has 0 atom stereocenters. The van der Waals surface area contributed by atoms with Crippen molar-refractivity contribution in [1.29, 1.82) is 0 Å². The number of nitrogens with one attached hydrogen (secondary N) is 1. The number of benzene rings is 2. The van der Waals surface area contributed by atoms with Crippen LogP contribution in [0.1, 0.15) is 17.3 Å². The number of ketones is 1. The topological polar surface area (TPSA) is 92.8 Å². The molecule has 0 aromatic heterocycles. The first-order chi connectivity index (χ1) is 13.2. The summed E-state index contributed by atoms with van der Waals surface area (Å²) < 4.78 is 30.8. The van der Waals surface area contributed by atoms with Gasteiger partial charge in [-0.2, -0.15) is 0 Å². The molecule has 28 heavy (non-hydrogen) atoms. The van der Waals surface area contributed by atoms with E-state index in [1.54, 1.807) is 42.5 Å². The van der Waals surface area contributed by atoms with Crippen molar-refractivity contribution < 1.29 is 22.7 Å². The minimum absolute atomic E-state index is 0.198. The number of Topliss-reactive ketones (excluding diaryl/α,β-unsaturated/α-hetero) is 1. The Labute approximate surface area is 164 Å². The minimum atomic E-state index is -3.74. The Morgan fingerprint density at radius 1 is 1.18 bits per heavy atom. The molecular weight excluding hydrogens is 380 g/mol. The van der Waals surface area contributed by atoms with E-state index in [1.807, 2.05) is 0 Å². The molecule has 1 N–H and O–H groups in total.